The summed E-state index contributed by atoms with van der Waals surface area (Å²) >= 11 is 0. The minimum Gasteiger partial charge on any atom is -0.352 e. The first kappa shape index (κ1) is 16.5. The van der Waals surface area contributed by atoms with Gasteiger partial charge in [-0.3, -0.25) is 4.79 Å². The van der Waals surface area contributed by atoms with Crippen LogP contribution >= 0.6 is 0 Å². The van der Waals surface area contributed by atoms with Crippen LogP contribution in [0.5, 0.6) is 0 Å². The van der Waals surface area contributed by atoms with E-state index in [-0.39, 0.29) is 17.1 Å². The van der Waals surface area contributed by atoms with Gasteiger partial charge in [-0.2, -0.15) is 0 Å². The Kier molecular flexibility index (Phi) is 4.65. The topological polar surface area (TPSA) is 54.0 Å². The molecule has 1 amide bonds. The van der Waals surface area contributed by atoms with Crippen molar-refractivity contribution in [2.24, 2.45) is 0 Å². The van der Waals surface area contributed by atoms with Crippen LogP contribution in [-0.2, 0) is 0 Å². The molecular formula is C18H12F3N3O. The van der Waals surface area contributed by atoms with Gasteiger partial charge in [-0.05, 0) is 36.4 Å². The van der Waals surface area contributed by atoms with Gasteiger partial charge in [0.05, 0.1) is 23.3 Å². The third kappa shape index (κ3) is 3.95. The molecule has 0 atom stereocenters. The summed E-state index contributed by atoms with van der Waals surface area (Å²) in [5, 5.41) is 5.14. The maximum Gasteiger partial charge on any atom is 0.274 e. The number of nitrogens with one attached hydrogen (secondary N) is 2. The van der Waals surface area contributed by atoms with Gasteiger partial charge in [0, 0.05) is 6.07 Å². The van der Waals surface area contributed by atoms with Crippen molar-refractivity contribution in [1.82, 2.24) is 4.98 Å². The van der Waals surface area contributed by atoms with Gasteiger partial charge in [0.25, 0.3) is 5.91 Å². The summed E-state index contributed by atoms with van der Waals surface area (Å²) < 4.78 is 40.0. The molecule has 2 aromatic carbocycles. The van der Waals surface area contributed by atoms with E-state index < -0.39 is 23.4 Å². The second-order valence-corrected chi connectivity index (χ2v) is 5.12. The Morgan fingerprint density at radius 2 is 1.68 bits per heavy atom. The fraction of sp³-hybridized carbons (Fsp3) is 0. The number of hydrogen-bond acceptors (Lipinski definition) is 3. The summed E-state index contributed by atoms with van der Waals surface area (Å²) in [5.74, 6) is -2.69. The molecule has 0 spiro atoms. The van der Waals surface area contributed by atoms with Gasteiger partial charge in [0.2, 0.25) is 0 Å². The first-order valence-corrected chi connectivity index (χ1v) is 7.27. The Balaban J connectivity index is 1.71. The Morgan fingerprint density at radius 3 is 2.36 bits per heavy atom. The van der Waals surface area contributed by atoms with Crippen LogP contribution in [0.25, 0.3) is 0 Å². The summed E-state index contributed by atoms with van der Waals surface area (Å²) in [7, 11) is 0. The normalized spacial score (nSPS) is 10.4. The third-order valence-corrected chi connectivity index (χ3v) is 3.33. The fourth-order valence-corrected chi connectivity index (χ4v) is 2.10. The number of pyridine rings is 1. The lowest BCUT2D eigenvalue weighted by molar-refractivity contribution is 0.102. The predicted octanol–water partition coefficient (Wildman–Crippen LogP) is 4.49. The molecular weight excluding hydrogens is 331 g/mol. The molecule has 0 bridgehead atoms. The highest BCUT2D eigenvalue weighted by atomic mass is 19.1. The van der Waals surface area contributed by atoms with Crippen molar-refractivity contribution in [3.63, 3.8) is 0 Å². The van der Waals surface area contributed by atoms with Crippen molar-refractivity contribution in [2.75, 3.05) is 10.6 Å². The van der Waals surface area contributed by atoms with Crippen molar-refractivity contribution in [2.45, 2.75) is 0 Å². The first-order valence-electron chi connectivity index (χ1n) is 7.27. The van der Waals surface area contributed by atoms with Crippen LogP contribution in [0.3, 0.4) is 0 Å². The number of carbonyl (C=O) groups is 1. The van der Waals surface area contributed by atoms with Crippen molar-refractivity contribution in [3.8, 4) is 0 Å². The number of amides is 1. The Bertz CT molecular complexity index is 914. The number of anilines is 3. The number of rotatable bonds is 4. The van der Waals surface area contributed by atoms with E-state index in [4.69, 9.17) is 0 Å². The zero-order valence-corrected chi connectivity index (χ0v) is 12.8. The number of hydrogen-bond donors (Lipinski definition) is 2. The van der Waals surface area contributed by atoms with Gasteiger partial charge in [0.1, 0.15) is 23.1 Å². The minimum absolute atomic E-state index is 0.0304. The molecule has 0 aliphatic rings. The third-order valence-electron chi connectivity index (χ3n) is 3.33. The number of carbonyl (C=O) groups excluding carboxylic acids is 1. The van der Waals surface area contributed by atoms with Crippen molar-refractivity contribution < 1.29 is 18.0 Å². The summed E-state index contributed by atoms with van der Waals surface area (Å²) in [6.07, 6.45) is 1.35. The van der Waals surface area contributed by atoms with Crippen LogP contribution in [0.15, 0.2) is 60.8 Å². The Labute approximate surface area is 141 Å². The van der Waals surface area contributed by atoms with Gasteiger partial charge in [-0.25, -0.2) is 18.2 Å². The lowest BCUT2D eigenvalue weighted by atomic mass is 10.2. The molecule has 0 unspecified atom stereocenters. The minimum atomic E-state index is -0.883. The summed E-state index contributed by atoms with van der Waals surface area (Å²) in [6.45, 7) is 0. The van der Waals surface area contributed by atoms with E-state index in [1.165, 1.54) is 24.4 Å². The number of nitrogens with zero attached hydrogens (tertiary/aromatic N) is 1. The van der Waals surface area contributed by atoms with Crippen LogP contribution in [-0.4, -0.2) is 10.9 Å². The molecule has 0 saturated carbocycles. The lowest BCUT2D eigenvalue weighted by Crippen LogP contribution is -2.14. The van der Waals surface area contributed by atoms with Crippen LogP contribution in [0.2, 0.25) is 0 Å². The fourth-order valence-electron chi connectivity index (χ4n) is 2.10. The summed E-state index contributed by atoms with van der Waals surface area (Å²) in [6, 6.07) is 11.9. The predicted molar refractivity (Wildman–Crippen MR) is 88.2 cm³/mol. The summed E-state index contributed by atoms with van der Waals surface area (Å²) in [4.78, 5) is 16.0. The van der Waals surface area contributed by atoms with E-state index in [1.807, 2.05) is 0 Å². The van der Waals surface area contributed by atoms with Gasteiger partial charge in [0.15, 0.2) is 0 Å². The number of aromatic nitrogens is 1. The lowest BCUT2D eigenvalue weighted by Gasteiger charge is -2.09. The molecule has 1 aromatic heterocycles. The van der Waals surface area contributed by atoms with Crippen LogP contribution in [0, 0.1) is 17.5 Å². The highest BCUT2D eigenvalue weighted by Gasteiger charge is 2.11. The smallest absolute Gasteiger partial charge is 0.274 e. The Hall–Kier alpha value is -3.35. The van der Waals surface area contributed by atoms with E-state index in [2.05, 4.69) is 15.6 Å². The maximum absolute atomic E-state index is 13.6. The van der Waals surface area contributed by atoms with E-state index in [0.29, 0.717) is 11.8 Å². The van der Waals surface area contributed by atoms with Crippen molar-refractivity contribution in [3.05, 3.63) is 83.9 Å². The molecule has 0 fully saturated rings. The van der Waals surface area contributed by atoms with Gasteiger partial charge in [-0.15, -0.1) is 0 Å². The highest BCUT2D eigenvalue weighted by Crippen LogP contribution is 2.20. The second kappa shape index (κ2) is 7.04. The average molecular weight is 343 g/mol. The molecule has 1 heterocycles. The first-order chi connectivity index (χ1) is 12.0. The number of halogens is 3. The highest BCUT2D eigenvalue weighted by molar-refractivity contribution is 6.03. The monoisotopic (exact) mass is 343 g/mol. The standard InChI is InChI=1S/C18H12F3N3O/c19-11-5-7-16(14(21)9-11)24-18(25)17-8-6-12(10-22-17)23-15-4-2-1-3-13(15)20/h1-10,23H,(H,24,25). The van der Waals surface area contributed by atoms with E-state index in [1.54, 1.807) is 18.2 Å². The van der Waals surface area contributed by atoms with Gasteiger partial charge >= 0.3 is 0 Å². The molecule has 4 nitrogen and oxygen atoms in total. The Morgan fingerprint density at radius 1 is 0.880 bits per heavy atom. The average Bonchev–Trinajstić information content (AvgIpc) is 2.60. The molecule has 0 saturated heterocycles. The molecule has 3 rings (SSSR count). The van der Waals surface area contributed by atoms with Crippen LogP contribution in [0.1, 0.15) is 10.5 Å². The van der Waals surface area contributed by atoms with Crippen LogP contribution < -0.4 is 10.6 Å². The van der Waals surface area contributed by atoms with E-state index in [9.17, 15) is 18.0 Å². The van der Waals surface area contributed by atoms with Crippen LogP contribution in [0.4, 0.5) is 30.2 Å². The number of para-hydroxylation sites is 1. The van der Waals surface area contributed by atoms with Gasteiger partial charge in [-0.1, -0.05) is 12.1 Å². The molecule has 0 aliphatic heterocycles. The SMILES string of the molecule is O=C(Nc1ccc(F)cc1F)c1ccc(Nc2ccccc2F)cn1. The molecule has 25 heavy (non-hydrogen) atoms. The van der Waals surface area contributed by atoms with Crippen molar-refractivity contribution >= 4 is 23.0 Å². The summed E-state index contributed by atoms with van der Waals surface area (Å²) in [5.41, 5.74) is 0.633. The zero-order valence-electron chi connectivity index (χ0n) is 12.8. The molecule has 0 aliphatic carbocycles. The van der Waals surface area contributed by atoms with E-state index in [0.717, 1.165) is 12.1 Å². The zero-order chi connectivity index (χ0) is 17.8. The van der Waals surface area contributed by atoms with Crippen molar-refractivity contribution in [1.29, 1.82) is 0 Å². The quantitative estimate of drug-likeness (QED) is 0.734. The molecule has 7 heteroatoms. The second-order valence-electron chi connectivity index (χ2n) is 5.12. The van der Waals surface area contributed by atoms with Gasteiger partial charge < -0.3 is 10.6 Å². The molecule has 3 aromatic rings. The van der Waals surface area contributed by atoms with E-state index >= 15 is 0 Å². The largest absolute Gasteiger partial charge is 0.352 e. The molecule has 2 N–H and O–H groups in total. The number of benzene rings is 2. The molecule has 0 radical (unpaired) electrons. The molecule has 126 valence electrons. The maximum atomic E-state index is 13.6.